The van der Waals surface area contributed by atoms with Gasteiger partial charge in [-0.15, -0.1) is 0 Å². The Kier molecular flexibility index (Phi) is 5.94. The number of pyridine rings is 3. The van der Waals surface area contributed by atoms with Crippen molar-refractivity contribution < 1.29 is 9.53 Å². The van der Waals surface area contributed by atoms with Gasteiger partial charge < -0.3 is 26.4 Å². The maximum absolute atomic E-state index is 13.1. The number of nitrogens with two attached hydrogens (primary N) is 2. The highest BCUT2D eigenvalue weighted by Gasteiger charge is 2.21. The van der Waals surface area contributed by atoms with Crippen molar-refractivity contribution in [3.63, 3.8) is 0 Å². The fourth-order valence-corrected chi connectivity index (χ4v) is 3.62. The van der Waals surface area contributed by atoms with E-state index in [-0.39, 0.29) is 17.4 Å². The molecule has 160 valence electrons. The van der Waals surface area contributed by atoms with Crippen molar-refractivity contribution in [3.05, 3.63) is 54.6 Å². The second-order valence-corrected chi connectivity index (χ2v) is 7.41. The van der Waals surface area contributed by atoms with E-state index in [2.05, 4.69) is 25.2 Å². The highest BCUT2D eigenvalue weighted by molar-refractivity contribution is 6.07. The van der Waals surface area contributed by atoms with Gasteiger partial charge in [-0.3, -0.25) is 14.8 Å². The lowest BCUT2D eigenvalue weighted by molar-refractivity contribution is 0.102. The van der Waals surface area contributed by atoms with E-state index in [0.29, 0.717) is 22.8 Å². The Morgan fingerprint density at radius 3 is 2.77 bits per heavy atom. The van der Waals surface area contributed by atoms with Gasteiger partial charge >= 0.3 is 0 Å². The zero-order chi connectivity index (χ0) is 21.8. The average Bonchev–Trinajstić information content (AvgIpc) is 2.80. The van der Waals surface area contributed by atoms with Crippen molar-refractivity contribution in [3.8, 4) is 17.1 Å². The third-order valence-corrected chi connectivity index (χ3v) is 5.22. The molecule has 0 bridgehead atoms. The summed E-state index contributed by atoms with van der Waals surface area (Å²) in [6, 6.07) is 8.92. The second-order valence-electron chi connectivity index (χ2n) is 7.41. The predicted octanol–water partition coefficient (Wildman–Crippen LogP) is 2.31. The Bertz CT molecular complexity index is 1070. The zero-order valence-electron chi connectivity index (χ0n) is 17.3. The fourth-order valence-electron chi connectivity index (χ4n) is 3.62. The van der Waals surface area contributed by atoms with E-state index >= 15 is 0 Å². The molecule has 1 fully saturated rings. The van der Waals surface area contributed by atoms with E-state index in [1.807, 2.05) is 6.07 Å². The molecule has 1 unspecified atom stereocenters. The SMILES string of the molecule is COc1ccc(-c2ccc(N)c(C(=O)Nc3cnccc3N3CCCC(N)C3)n2)nc1. The minimum Gasteiger partial charge on any atom is -0.495 e. The summed E-state index contributed by atoms with van der Waals surface area (Å²) in [4.78, 5) is 28.2. The maximum atomic E-state index is 13.1. The van der Waals surface area contributed by atoms with Gasteiger partial charge in [0.25, 0.3) is 5.91 Å². The summed E-state index contributed by atoms with van der Waals surface area (Å²) in [5.74, 6) is 0.224. The number of carbonyl (C=O) groups excluding carboxylic acids is 1. The number of piperidine rings is 1. The first-order valence-electron chi connectivity index (χ1n) is 10.1. The normalized spacial score (nSPS) is 16.1. The number of nitrogens with one attached hydrogen (secondary N) is 1. The van der Waals surface area contributed by atoms with E-state index in [1.54, 1.807) is 50.0 Å². The topological polar surface area (TPSA) is 132 Å². The Morgan fingerprint density at radius 1 is 1.19 bits per heavy atom. The number of nitrogen functional groups attached to an aromatic ring is 1. The summed E-state index contributed by atoms with van der Waals surface area (Å²) < 4.78 is 5.14. The van der Waals surface area contributed by atoms with E-state index in [9.17, 15) is 4.79 Å². The molecule has 0 saturated carbocycles. The van der Waals surface area contributed by atoms with Gasteiger partial charge in [-0.05, 0) is 43.2 Å². The molecule has 4 rings (SSSR count). The van der Waals surface area contributed by atoms with Crippen molar-refractivity contribution in [1.82, 2.24) is 15.0 Å². The summed E-state index contributed by atoms with van der Waals surface area (Å²) >= 11 is 0. The predicted molar refractivity (Wildman–Crippen MR) is 120 cm³/mol. The van der Waals surface area contributed by atoms with Crippen LogP contribution in [0.2, 0.25) is 0 Å². The smallest absolute Gasteiger partial charge is 0.276 e. The van der Waals surface area contributed by atoms with Gasteiger partial charge in [0.05, 0.1) is 48.0 Å². The summed E-state index contributed by atoms with van der Waals surface area (Å²) in [6.45, 7) is 1.60. The minimum absolute atomic E-state index is 0.108. The van der Waals surface area contributed by atoms with Crippen LogP contribution in [-0.4, -0.2) is 47.1 Å². The van der Waals surface area contributed by atoms with Gasteiger partial charge in [-0.2, -0.15) is 0 Å². The van der Waals surface area contributed by atoms with Gasteiger partial charge in [0.2, 0.25) is 0 Å². The molecule has 0 aliphatic carbocycles. The second kappa shape index (κ2) is 8.97. The van der Waals surface area contributed by atoms with Crippen molar-refractivity contribution in [2.24, 2.45) is 5.73 Å². The first-order chi connectivity index (χ1) is 15.0. The van der Waals surface area contributed by atoms with Crippen LogP contribution in [0.4, 0.5) is 17.1 Å². The quantitative estimate of drug-likeness (QED) is 0.574. The molecule has 9 heteroatoms. The van der Waals surface area contributed by atoms with Crippen LogP contribution in [0.5, 0.6) is 5.75 Å². The molecule has 5 N–H and O–H groups in total. The van der Waals surface area contributed by atoms with Gasteiger partial charge in [-0.25, -0.2) is 4.98 Å². The van der Waals surface area contributed by atoms with Crippen LogP contribution in [0.15, 0.2) is 48.9 Å². The van der Waals surface area contributed by atoms with Crippen molar-refractivity contribution in [2.75, 3.05) is 36.1 Å². The number of rotatable bonds is 5. The van der Waals surface area contributed by atoms with Gasteiger partial charge in [0.1, 0.15) is 5.75 Å². The minimum atomic E-state index is -0.414. The van der Waals surface area contributed by atoms with Gasteiger partial charge in [0.15, 0.2) is 5.69 Å². The van der Waals surface area contributed by atoms with Crippen molar-refractivity contribution in [2.45, 2.75) is 18.9 Å². The molecular weight excluding hydrogens is 394 g/mol. The third-order valence-electron chi connectivity index (χ3n) is 5.22. The molecule has 0 aromatic carbocycles. The number of ether oxygens (including phenoxy) is 1. The number of carbonyl (C=O) groups is 1. The maximum Gasteiger partial charge on any atom is 0.276 e. The average molecular weight is 419 g/mol. The number of methoxy groups -OCH3 is 1. The number of aromatic nitrogens is 3. The summed E-state index contributed by atoms with van der Waals surface area (Å²) in [6.07, 6.45) is 6.92. The molecule has 4 heterocycles. The number of anilines is 3. The lowest BCUT2D eigenvalue weighted by Crippen LogP contribution is -2.43. The fraction of sp³-hybridized carbons (Fsp3) is 0.273. The van der Waals surface area contributed by atoms with Crippen LogP contribution in [0.25, 0.3) is 11.4 Å². The highest BCUT2D eigenvalue weighted by atomic mass is 16.5. The summed E-state index contributed by atoms with van der Waals surface area (Å²) in [5.41, 5.74) is 15.2. The van der Waals surface area contributed by atoms with Crippen molar-refractivity contribution >= 4 is 23.0 Å². The van der Waals surface area contributed by atoms with Crippen molar-refractivity contribution in [1.29, 1.82) is 0 Å². The Morgan fingerprint density at radius 2 is 2.03 bits per heavy atom. The van der Waals surface area contributed by atoms with E-state index in [1.165, 1.54) is 0 Å². The Hall–Kier alpha value is -3.72. The number of hydrogen-bond acceptors (Lipinski definition) is 8. The first kappa shape index (κ1) is 20.5. The van der Waals surface area contributed by atoms with Crippen LogP contribution in [0.3, 0.4) is 0 Å². The molecular formula is C22H25N7O2. The molecule has 1 saturated heterocycles. The van der Waals surface area contributed by atoms with Crippen LogP contribution in [0, 0.1) is 0 Å². The monoisotopic (exact) mass is 419 g/mol. The number of amides is 1. The van der Waals surface area contributed by atoms with Crippen LogP contribution in [0.1, 0.15) is 23.3 Å². The van der Waals surface area contributed by atoms with Crippen LogP contribution >= 0.6 is 0 Å². The van der Waals surface area contributed by atoms with Crippen LogP contribution in [-0.2, 0) is 0 Å². The number of hydrogen-bond donors (Lipinski definition) is 3. The number of nitrogens with zero attached hydrogens (tertiary/aromatic N) is 4. The van der Waals surface area contributed by atoms with E-state index < -0.39 is 5.91 Å². The molecule has 1 aliphatic rings. The molecule has 1 amide bonds. The Balaban J connectivity index is 1.59. The van der Waals surface area contributed by atoms with E-state index in [0.717, 1.165) is 31.6 Å². The first-order valence-corrected chi connectivity index (χ1v) is 10.1. The van der Waals surface area contributed by atoms with Gasteiger partial charge in [-0.1, -0.05) is 0 Å². The van der Waals surface area contributed by atoms with E-state index in [4.69, 9.17) is 16.2 Å². The molecule has 3 aromatic heterocycles. The molecule has 1 aliphatic heterocycles. The Labute approximate surface area is 180 Å². The standard InChI is InChI=1S/C22H25N7O2/c1-31-15-4-6-17(26-11-15)18-7-5-16(24)21(27-18)22(30)28-19-12-25-9-8-20(19)29-10-2-3-14(23)13-29/h4-9,11-12,14H,2-3,10,13,23-24H2,1H3,(H,28,30). The summed E-state index contributed by atoms with van der Waals surface area (Å²) in [5, 5.41) is 2.91. The molecule has 3 aromatic rings. The molecule has 9 nitrogen and oxygen atoms in total. The third kappa shape index (κ3) is 4.56. The molecule has 0 radical (unpaired) electrons. The van der Waals surface area contributed by atoms with Gasteiger partial charge in [0, 0.05) is 25.3 Å². The lowest BCUT2D eigenvalue weighted by atomic mass is 10.1. The molecule has 1 atom stereocenters. The molecule has 0 spiro atoms. The summed E-state index contributed by atoms with van der Waals surface area (Å²) in [7, 11) is 1.57. The highest BCUT2D eigenvalue weighted by Crippen LogP contribution is 2.28. The lowest BCUT2D eigenvalue weighted by Gasteiger charge is -2.33. The molecule has 31 heavy (non-hydrogen) atoms. The zero-order valence-corrected chi connectivity index (χ0v) is 17.3. The largest absolute Gasteiger partial charge is 0.495 e. The van der Waals surface area contributed by atoms with Crippen LogP contribution < -0.4 is 26.4 Å².